The molecule has 1 aromatic carbocycles. The summed E-state index contributed by atoms with van der Waals surface area (Å²) < 4.78 is 0. The Kier molecular flexibility index (Phi) is 4.60. The first-order valence-electron chi connectivity index (χ1n) is 8.11. The lowest BCUT2D eigenvalue weighted by atomic mass is 10.1. The van der Waals surface area contributed by atoms with Crippen LogP contribution in [0.25, 0.3) is 0 Å². The lowest BCUT2D eigenvalue weighted by molar-refractivity contribution is -0.384. The molecular weight excluding hydrogens is 322 g/mol. The molecule has 2 aromatic rings. The van der Waals surface area contributed by atoms with E-state index in [9.17, 15) is 14.9 Å². The number of aromatic nitrogens is 2. The van der Waals surface area contributed by atoms with Gasteiger partial charge in [0.1, 0.15) is 0 Å². The predicted molar refractivity (Wildman–Crippen MR) is 94.0 cm³/mol. The van der Waals surface area contributed by atoms with E-state index in [1.807, 2.05) is 13.8 Å². The second kappa shape index (κ2) is 6.84. The molecule has 0 aliphatic carbocycles. The van der Waals surface area contributed by atoms with Crippen LogP contribution in [-0.4, -0.2) is 33.9 Å². The van der Waals surface area contributed by atoms with Crippen molar-refractivity contribution < 1.29 is 9.72 Å². The van der Waals surface area contributed by atoms with Crippen LogP contribution < -0.4 is 10.2 Å². The third-order valence-electron chi connectivity index (χ3n) is 4.21. The summed E-state index contributed by atoms with van der Waals surface area (Å²) in [6.45, 7) is 5.52. The Morgan fingerprint density at radius 1 is 1.20 bits per heavy atom. The third-order valence-corrected chi connectivity index (χ3v) is 4.21. The lowest BCUT2D eigenvalue weighted by Crippen LogP contribution is -2.22. The highest BCUT2D eigenvalue weighted by Gasteiger charge is 2.19. The molecule has 0 saturated carbocycles. The standard InChI is InChI=1S/C17H19N5O3/c1-11-15(12(2)19-17(18-11)21-8-3-4-9-21)20-16(23)13-6-5-7-14(10-13)22(24)25/h5-7,10H,3-4,8-9H2,1-2H3,(H,20,23). The lowest BCUT2D eigenvalue weighted by Gasteiger charge is -2.18. The van der Waals surface area contributed by atoms with Crippen molar-refractivity contribution in [2.24, 2.45) is 0 Å². The Hall–Kier alpha value is -3.03. The maximum Gasteiger partial charge on any atom is 0.270 e. The molecule has 25 heavy (non-hydrogen) atoms. The van der Waals surface area contributed by atoms with Gasteiger partial charge in [0.05, 0.1) is 22.0 Å². The van der Waals surface area contributed by atoms with Gasteiger partial charge in [-0.15, -0.1) is 0 Å². The van der Waals surface area contributed by atoms with Crippen LogP contribution in [0.1, 0.15) is 34.6 Å². The van der Waals surface area contributed by atoms with E-state index in [1.165, 1.54) is 24.3 Å². The first kappa shape index (κ1) is 16.8. The van der Waals surface area contributed by atoms with Gasteiger partial charge in [0.15, 0.2) is 0 Å². The molecule has 0 spiro atoms. The van der Waals surface area contributed by atoms with Gasteiger partial charge in [0, 0.05) is 30.8 Å². The number of rotatable bonds is 4. The van der Waals surface area contributed by atoms with Gasteiger partial charge in [-0.1, -0.05) is 6.07 Å². The molecule has 1 amide bonds. The van der Waals surface area contributed by atoms with E-state index in [1.54, 1.807) is 0 Å². The van der Waals surface area contributed by atoms with Crippen LogP contribution in [0.4, 0.5) is 17.3 Å². The number of non-ortho nitro benzene ring substituents is 1. The Morgan fingerprint density at radius 3 is 2.44 bits per heavy atom. The average Bonchev–Trinajstić information content (AvgIpc) is 3.12. The SMILES string of the molecule is Cc1nc(N2CCCC2)nc(C)c1NC(=O)c1cccc([N+](=O)[O-])c1. The summed E-state index contributed by atoms with van der Waals surface area (Å²) >= 11 is 0. The molecule has 1 N–H and O–H groups in total. The fourth-order valence-corrected chi connectivity index (χ4v) is 2.88. The van der Waals surface area contributed by atoms with Crippen LogP contribution in [0, 0.1) is 24.0 Å². The van der Waals surface area contributed by atoms with Gasteiger partial charge in [-0.05, 0) is 32.8 Å². The molecule has 1 aromatic heterocycles. The van der Waals surface area contributed by atoms with Crippen molar-refractivity contribution >= 4 is 23.2 Å². The van der Waals surface area contributed by atoms with Crippen molar-refractivity contribution in [3.63, 3.8) is 0 Å². The fourth-order valence-electron chi connectivity index (χ4n) is 2.88. The van der Waals surface area contributed by atoms with Crippen LogP contribution in [0.3, 0.4) is 0 Å². The summed E-state index contributed by atoms with van der Waals surface area (Å²) in [6, 6.07) is 5.62. The monoisotopic (exact) mass is 341 g/mol. The number of aryl methyl sites for hydroxylation is 2. The van der Waals surface area contributed by atoms with Gasteiger partial charge in [0.2, 0.25) is 5.95 Å². The first-order chi connectivity index (χ1) is 12.0. The van der Waals surface area contributed by atoms with E-state index >= 15 is 0 Å². The number of carbonyl (C=O) groups is 1. The highest BCUT2D eigenvalue weighted by molar-refractivity contribution is 6.05. The second-order valence-corrected chi connectivity index (χ2v) is 6.03. The van der Waals surface area contributed by atoms with Crippen LogP contribution in [0.2, 0.25) is 0 Å². The Bertz CT molecular complexity index is 808. The highest BCUT2D eigenvalue weighted by atomic mass is 16.6. The molecular formula is C17H19N5O3. The van der Waals surface area contributed by atoms with Crippen molar-refractivity contribution in [1.82, 2.24) is 9.97 Å². The van der Waals surface area contributed by atoms with E-state index < -0.39 is 10.8 Å². The van der Waals surface area contributed by atoms with Crippen LogP contribution in [-0.2, 0) is 0 Å². The van der Waals surface area contributed by atoms with Crippen LogP contribution in [0.15, 0.2) is 24.3 Å². The first-order valence-corrected chi connectivity index (χ1v) is 8.11. The van der Waals surface area contributed by atoms with E-state index in [0.29, 0.717) is 23.0 Å². The van der Waals surface area contributed by atoms with E-state index in [2.05, 4.69) is 20.2 Å². The maximum atomic E-state index is 12.4. The normalized spacial score (nSPS) is 13.8. The minimum atomic E-state index is -0.527. The van der Waals surface area contributed by atoms with Gasteiger partial charge in [-0.2, -0.15) is 0 Å². The zero-order valence-corrected chi connectivity index (χ0v) is 14.2. The molecule has 0 radical (unpaired) electrons. The Labute approximate surface area is 145 Å². The molecule has 3 rings (SSSR count). The molecule has 8 nitrogen and oxygen atoms in total. The Balaban J connectivity index is 1.83. The maximum absolute atomic E-state index is 12.4. The number of carbonyl (C=O) groups excluding carboxylic acids is 1. The number of nitro groups is 1. The summed E-state index contributed by atoms with van der Waals surface area (Å²) in [6.07, 6.45) is 2.26. The van der Waals surface area contributed by atoms with Gasteiger partial charge in [-0.25, -0.2) is 9.97 Å². The summed E-state index contributed by atoms with van der Waals surface area (Å²) in [7, 11) is 0. The predicted octanol–water partition coefficient (Wildman–Crippen LogP) is 2.85. The van der Waals surface area contributed by atoms with Gasteiger partial charge in [-0.3, -0.25) is 14.9 Å². The third kappa shape index (κ3) is 3.57. The van der Waals surface area contributed by atoms with Crippen molar-refractivity contribution in [3.05, 3.63) is 51.3 Å². The molecule has 1 saturated heterocycles. The number of nitro benzene ring substituents is 1. The van der Waals surface area contributed by atoms with Crippen LogP contribution >= 0.6 is 0 Å². The minimum Gasteiger partial charge on any atom is -0.341 e. The molecule has 1 aliphatic heterocycles. The summed E-state index contributed by atoms with van der Waals surface area (Å²) in [5.41, 5.74) is 1.99. The number of nitrogens with one attached hydrogen (secondary N) is 1. The highest BCUT2D eigenvalue weighted by Crippen LogP contribution is 2.24. The summed E-state index contributed by atoms with van der Waals surface area (Å²) in [5, 5.41) is 13.6. The van der Waals surface area contributed by atoms with Gasteiger partial charge < -0.3 is 10.2 Å². The molecule has 8 heteroatoms. The zero-order valence-electron chi connectivity index (χ0n) is 14.2. The zero-order chi connectivity index (χ0) is 18.0. The molecule has 0 unspecified atom stereocenters. The van der Waals surface area contributed by atoms with E-state index in [4.69, 9.17) is 0 Å². The molecule has 1 aliphatic rings. The average molecular weight is 341 g/mol. The molecule has 1 fully saturated rings. The number of benzene rings is 1. The van der Waals surface area contributed by atoms with Gasteiger partial charge in [0.25, 0.3) is 11.6 Å². The number of hydrogen-bond donors (Lipinski definition) is 1. The molecule has 2 heterocycles. The van der Waals surface area contributed by atoms with Crippen molar-refractivity contribution in [1.29, 1.82) is 0 Å². The van der Waals surface area contributed by atoms with E-state index in [-0.39, 0.29) is 11.3 Å². The number of hydrogen-bond acceptors (Lipinski definition) is 6. The van der Waals surface area contributed by atoms with Crippen molar-refractivity contribution in [3.8, 4) is 0 Å². The number of nitrogens with zero attached hydrogens (tertiary/aromatic N) is 4. The largest absolute Gasteiger partial charge is 0.341 e. The van der Waals surface area contributed by atoms with Crippen LogP contribution in [0.5, 0.6) is 0 Å². The molecule has 130 valence electrons. The second-order valence-electron chi connectivity index (χ2n) is 6.03. The van der Waals surface area contributed by atoms with Crippen molar-refractivity contribution in [2.45, 2.75) is 26.7 Å². The summed E-state index contributed by atoms with van der Waals surface area (Å²) in [5.74, 6) is 0.258. The minimum absolute atomic E-state index is 0.123. The number of amides is 1. The summed E-state index contributed by atoms with van der Waals surface area (Å²) in [4.78, 5) is 33.9. The molecule has 0 bridgehead atoms. The van der Waals surface area contributed by atoms with E-state index in [0.717, 1.165) is 25.9 Å². The Morgan fingerprint density at radius 2 is 1.84 bits per heavy atom. The van der Waals surface area contributed by atoms with Crippen molar-refractivity contribution in [2.75, 3.05) is 23.3 Å². The number of anilines is 2. The molecule has 0 atom stereocenters. The quantitative estimate of drug-likeness (QED) is 0.678. The smallest absolute Gasteiger partial charge is 0.270 e. The topological polar surface area (TPSA) is 101 Å². The fraction of sp³-hybridized carbons (Fsp3) is 0.353. The van der Waals surface area contributed by atoms with Gasteiger partial charge >= 0.3 is 0 Å².